The van der Waals surface area contributed by atoms with Crippen LogP contribution in [0.2, 0.25) is 0 Å². The Labute approximate surface area is 117 Å². The molecule has 0 aliphatic carbocycles. The van der Waals surface area contributed by atoms with Gasteiger partial charge in [0.05, 0.1) is 5.69 Å². The van der Waals surface area contributed by atoms with Crippen molar-refractivity contribution in [2.45, 2.75) is 0 Å². The Kier molecular flexibility index (Phi) is 3.38. The second-order valence-electron chi connectivity index (χ2n) is 4.50. The van der Waals surface area contributed by atoms with Crippen molar-refractivity contribution in [3.63, 3.8) is 0 Å². The lowest BCUT2D eigenvalue weighted by Crippen LogP contribution is -1.90. The van der Waals surface area contributed by atoms with Crippen molar-refractivity contribution in [3.8, 4) is 22.4 Å². The monoisotopic (exact) mass is 259 g/mol. The number of pyridine rings is 1. The van der Waals surface area contributed by atoms with Gasteiger partial charge in [-0.05, 0) is 29.3 Å². The molecular weight excluding hydrogens is 246 g/mol. The van der Waals surface area contributed by atoms with Crippen molar-refractivity contribution in [3.05, 3.63) is 78.5 Å². The molecule has 2 heteroatoms. The molecule has 20 heavy (non-hydrogen) atoms. The molecular formula is C18H13NO. The maximum Gasteiger partial charge on any atom is 0.150 e. The molecule has 0 spiro atoms. The van der Waals surface area contributed by atoms with Crippen LogP contribution in [0.25, 0.3) is 22.4 Å². The van der Waals surface area contributed by atoms with Crippen LogP contribution >= 0.6 is 0 Å². The Morgan fingerprint density at radius 3 is 2.30 bits per heavy atom. The number of hydrogen-bond acceptors (Lipinski definition) is 2. The Morgan fingerprint density at radius 2 is 1.60 bits per heavy atom. The first-order chi connectivity index (χ1) is 9.88. The van der Waals surface area contributed by atoms with Crippen molar-refractivity contribution >= 4 is 6.29 Å². The summed E-state index contributed by atoms with van der Waals surface area (Å²) in [5.74, 6) is 0. The van der Waals surface area contributed by atoms with Crippen molar-refractivity contribution in [2.75, 3.05) is 0 Å². The summed E-state index contributed by atoms with van der Waals surface area (Å²) in [6.45, 7) is 0. The first-order valence-corrected chi connectivity index (χ1v) is 6.44. The first-order valence-electron chi connectivity index (χ1n) is 6.44. The molecule has 0 aliphatic heterocycles. The molecule has 0 fully saturated rings. The van der Waals surface area contributed by atoms with Crippen LogP contribution in [0.4, 0.5) is 0 Å². The highest BCUT2D eigenvalue weighted by Crippen LogP contribution is 2.27. The lowest BCUT2D eigenvalue weighted by Gasteiger charge is -2.08. The molecule has 2 nitrogen and oxygen atoms in total. The van der Waals surface area contributed by atoms with E-state index in [-0.39, 0.29) is 0 Å². The van der Waals surface area contributed by atoms with Gasteiger partial charge in [-0.1, -0.05) is 48.5 Å². The van der Waals surface area contributed by atoms with Crippen LogP contribution in [0.5, 0.6) is 0 Å². The summed E-state index contributed by atoms with van der Waals surface area (Å²) in [7, 11) is 0. The van der Waals surface area contributed by atoms with Gasteiger partial charge in [-0.25, -0.2) is 0 Å². The molecule has 1 heterocycles. The number of hydrogen-bond donors (Lipinski definition) is 0. The number of carbonyl (C=O) groups is 1. The van der Waals surface area contributed by atoms with Crippen molar-refractivity contribution in [1.82, 2.24) is 4.98 Å². The summed E-state index contributed by atoms with van der Waals surface area (Å²) in [5, 5.41) is 0. The molecule has 0 atom stereocenters. The number of carbonyl (C=O) groups excluding carboxylic acids is 1. The summed E-state index contributed by atoms with van der Waals surface area (Å²) in [4.78, 5) is 15.7. The van der Waals surface area contributed by atoms with E-state index in [1.807, 2.05) is 66.7 Å². The maximum absolute atomic E-state index is 11.4. The van der Waals surface area contributed by atoms with Gasteiger partial charge in [0, 0.05) is 17.3 Å². The van der Waals surface area contributed by atoms with E-state index >= 15 is 0 Å². The third kappa shape index (κ3) is 2.36. The second kappa shape index (κ2) is 5.49. The molecule has 3 aromatic rings. The van der Waals surface area contributed by atoms with Gasteiger partial charge in [0.1, 0.15) is 0 Å². The highest BCUT2D eigenvalue weighted by Gasteiger charge is 2.07. The van der Waals surface area contributed by atoms with Crippen LogP contribution in [0.1, 0.15) is 10.4 Å². The predicted octanol–water partition coefficient (Wildman–Crippen LogP) is 4.23. The minimum atomic E-state index is 0.680. The Bertz CT molecular complexity index is 721. The predicted molar refractivity (Wildman–Crippen MR) is 80.5 cm³/mol. The van der Waals surface area contributed by atoms with Gasteiger partial charge in [-0.3, -0.25) is 9.78 Å². The van der Waals surface area contributed by atoms with Gasteiger partial charge < -0.3 is 0 Å². The molecule has 0 aliphatic rings. The average Bonchev–Trinajstić information content (AvgIpc) is 2.56. The molecule has 1 aromatic heterocycles. The quantitative estimate of drug-likeness (QED) is 0.659. The van der Waals surface area contributed by atoms with E-state index in [4.69, 9.17) is 0 Å². The minimum absolute atomic E-state index is 0.680. The zero-order valence-corrected chi connectivity index (χ0v) is 10.9. The van der Waals surface area contributed by atoms with Gasteiger partial charge in [0.15, 0.2) is 6.29 Å². The zero-order chi connectivity index (χ0) is 13.8. The van der Waals surface area contributed by atoms with E-state index in [2.05, 4.69) is 4.98 Å². The van der Waals surface area contributed by atoms with Crippen LogP contribution in [-0.2, 0) is 0 Å². The SMILES string of the molecule is O=Cc1cc(-c2ccccn2)ccc1-c1ccccc1. The largest absolute Gasteiger partial charge is 0.298 e. The normalized spacial score (nSPS) is 10.2. The van der Waals surface area contributed by atoms with Gasteiger partial charge in [-0.15, -0.1) is 0 Å². The number of rotatable bonds is 3. The number of aromatic nitrogens is 1. The summed E-state index contributed by atoms with van der Waals surface area (Å²) in [5.41, 5.74) is 4.49. The van der Waals surface area contributed by atoms with Gasteiger partial charge in [-0.2, -0.15) is 0 Å². The van der Waals surface area contributed by atoms with E-state index < -0.39 is 0 Å². The molecule has 0 unspecified atom stereocenters. The smallest absolute Gasteiger partial charge is 0.150 e. The van der Waals surface area contributed by atoms with Gasteiger partial charge >= 0.3 is 0 Å². The molecule has 0 amide bonds. The lowest BCUT2D eigenvalue weighted by atomic mass is 9.97. The lowest BCUT2D eigenvalue weighted by molar-refractivity contribution is 0.112. The number of benzene rings is 2. The van der Waals surface area contributed by atoms with Gasteiger partial charge in [0.2, 0.25) is 0 Å². The summed E-state index contributed by atoms with van der Waals surface area (Å²) in [6.07, 6.45) is 2.65. The molecule has 2 aromatic carbocycles. The standard InChI is InChI=1S/C18H13NO/c20-13-16-12-15(18-8-4-5-11-19-18)9-10-17(16)14-6-2-1-3-7-14/h1-13H. The van der Waals surface area contributed by atoms with Crippen LogP contribution in [0.15, 0.2) is 72.9 Å². The van der Waals surface area contributed by atoms with E-state index in [1.54, 1.807) is 6.20 Å². The number of aldehydes is 1. The van der Waals surface area contributed by atoms with Crippen molar-refractivity contribution < 1.29 is 4.79 Å². The van der Waals surface area contributed by atoms with Crippen LogP contribution in [0.3, 0.4) is 0 Å². The zero-order valence-electron chi connectivity index (χ0n) is 10.9. The van der Waals surface area contributed by atoms with Crippen LogP contribution in [0, 0.1) is 0 Å². The van der Waals surface area contributed by atoms with Gasteiger partial charge in [0.25, 0.3) is 0 Å². The first kappa shape index (κ1) is 12.3. The molecule has 0 bridgehead atoms. The molecule has 0 saturated carbocycles. The minimum Gasteiger partial charge on any atom is -0.298 e. The fraction of sp³-hybridized carbons (Fsp3) is 0. The van der Waals surface area contributed by atoms with Crippen molar-refractivity contribution in [2.24, 2.45) is 0 Å². The van der Waals surface area contributed by atoms with E-state index in [0.29, 0.717) is 5.56 Å². The third-order valence-electron chi connectivity index (χ3n) is 3.22. The topological polar surface area (TPSA) is 30.0 Å². The summed E-state index contributed by atoms with van der Waals surface area (Å²) in [6, 6.07) is 21.5. The van der Waals surface area contributed by atoms with Crippen molar-refractivity contribution in [1.29, 1.82) is 0 Å². The fourth-order valence-electron chi connectivity index (χ4n) is 2.23. The Morgan fingerprint density at radius 1 is 0.800 bits per heavy atom. The van der Waals surface area contributed by atoms with E-state index in [9.17, 15) is 4.79 Å². The average molecular weight is 259 g/mol. The Hall–Kier alpha value is -2.74. The summed E-state index contributed by atoms with van der Waals surface area (Å²) < 4.78 is 0. The summed E-state index contributed by atoms with van der Waals surface area (Å²) >= 11 is 0. The molecule has 0 saturated heterocycles. The third-order valence-corrected chi connectivity index (χ3v) is 3.22. The maximum atomic E-state index is 11.4. The highest BCUT2D eigenvalue weighted by atomic mass is 16.1. The Balaban J connectivity index is 2.10. The van der Waals surface area contributed by atoms with Crippen LogP contribution in [-0.4, -0.2) is 11.3 Å². The van der Waals surface area contributed by atoms with Crippen LogP contribution < -0.4 is 0 Å². The molecule has 3 rings (SSSR count). The molecule has 96 valence electrons. The number of nitrogens with zero attached hydrogens (tertiary/aromatic N) is 1. The van der Waals surface area contributed by atoms with E-state index in [0.717, 1.165) is 28.7 Å². The highest BCUT2D eigenvalue weighted by molar-refractivity contribution is 5.89. The molecule has 0 N–H and O–H groups in total. The second-order valence-corrected chi connectivity index (χ2v) is 4.50. The van der Waals surface area contributed by atoms with E-state index in [1.165, 1.54) is 0 Å². The fourth-order valence-corrected chi connectivity index (χ4v) is 2.23. The molecule has 0 radical (unpaired) electrons.